The van der Waals surface area contributed by atoms with Crippen LogP contribution in [-0.4, -0.2) is 30.0 Å². The standard InChI is InChI=1S/C17H15N3O5/c1-19(2)13-8-7-11(9-14(13)20(22)23)17(21)24-10-16-18-12-5-3-4-6-15(12)25-16/h3-9H,10H2,1-2H3. The van der Waals surface area contributed by atoms with Crippen molar-refractivity contribution in [2.75, 3.05) is 19.0 Å². The summed E-state index contributed by atoms with van der Waals surface area (Å²) in [5.74, 6) is -0.426. The average Bonchev–Trinajstić information content (AvgIpc) is 3.01. The third-order valence-electron chi connectivity index (χ3n) is 3.55. The minimum Gasteiger partial charge on any atom is -0.452 e. The SMILES string of the molecule is CN(C)c1ccc(C(=O)OCc2nc3ccccc3o2)cc1[N+](=O)[O-]. The number of nitrogens with zero attached hydrogens (tertiary/aromatic N) is 3. The number of oxazole rings is 1. The van der Waals surface area contributed by atoms with Crippen LogP contribution in [0.15, 0.2) is 46.9 Å². The highest BCUT2D eigenvalue weighted by Crippen LogP contribution is 2.28. The number of nitro groups is 1. The number of para-hydroxylation sites is 2. The van der Waals surface area contributed by atoms with Gasteiger partial charge in [0.2, 0.25) is 5.89 Å². The van der Waals surface area contributed by atoms with Crippen molar-refractivity contribution in [3.63, 3.8) is 0 Å². The zero-order chi connectivity index (χ0) is 18.0. The number of aromatic nitrogens is 1. The molecule has 0 amide bonds. The number of rotatable bonds is 5. The average molecular weight is 341 g/mol. The van der Waals surface area contributed by atoms with Crippen molar-refractivity contribution in [1.82, 2.24) is 4.98 Å². The van der Waals surface area contributed by atoms with E-state index < -0.39 is 10.9 Å². The van der Waals surface area contributed by atoms with Crippen LogP contribution in [0.2, 0.25) is 0 Å². The van der Waals surface area contributed by atoms with E-state index >= 15 is 0 Å². The molecular weight excluding hydrogens is 326 g/mol. The van der Waals surface area contributed by atoms with E-state index in [0.717, 1.165) is 0 Å². The van der Waals surface area contributed by atoms with Gasteiger partial charge in [-0.3, -0.25) is 10.1 Å². The Bertz CT molecular complexity index is 915. The van der Waals surface area contributed by atoms with Crippen LogP contribution in [0.4, 0.5) is 11.4 Å². The zero-order valence-electron chi connectivity index (χ0n) is 13.6. The molecule has 3 rings (SSSR count). The first-order chi connectivity index (χ1) is 12.0. The van der Waals surface area contributed by atoms with Gasteiger partial charge in [-0.1, -0.05) is 12.1 Å². The summed E-state index contributed by atoms with van der Waals surface area (Å²) in [5.41, 5.74) is 1.59. The summed E-state index contributed by atoms with van der Waals surface area (Å²) >= 11 is 0. The Morgan fingerprint density at radius 2 is 2.04 bits per heavy atom. The molecule has 0 saturated heterocycles. The summed E-state index contributed by atoms with van der Waals surface area (Å²) in [5, 5.41) is 11.2. The normalized spacial score (nSPS) is 10.6. The summed E-state index contributed by atoms with van der Waals surface area (Å²) in [6.07, 6.45) is 0. The van der Waals surface area contributed by atoms with E-state index in [1.807, 2.05) is 12.1 Å². The lowest BCUT2D eigenvalue weighted by Gasteiger charge is -2.13. The minimum absolute atomic E-state index is 0.0911. The first-order valence-corrected chi connectivity index (χ1v) is 7.43. The van der Waals surface area contributed by atoms with Gasteiger partial charge in [0.25, 0.3) is 5.69 Å². The molecule has 8 nitrogen and oxygen atoms in total. The third kappa shape index (κ3) is 3.42. The molecule has 0 N–H and O–H groups in total. The monoisotopic (exact) mass is 341 g/mol. The second-order valence-electron chi connectivity index (χ2n) is 5.51. The Hall–Kier alpha value is -3.42. The highest BCUT2D eigenvalue weighted by atomic mass is 16.6. The third-order valence-corrected chi connectivity index (χ3v) is 3.55. The number of carbonyl (C=O) groups excluding carboxylic acids is 1. The number of hydrogen-bond donors (Lipinski definition) is 0. The fourth-order valence-electron chi connectivity index (χ4n) is 2.37. The molecule has 8 heteroatoms. The van der Waals surface area contributed by atoms with Gasteiger partial charge in [-0.2, -0.15) is 0 Å². The number of benzene rings is 2. The van der Waals surface area contributed by atoms with Crippen molar-refractivity contribution in [3.05, 3.63) is 64.0 Å². The van der Waals surface area contributed by atoms with E-state index in [1.54, 1.807) is 31.1 Å². The van der Waals surface area contributed by atoms with E-state index in [-0.39, 0.29) is 23.7 Å². The summed E-state index contributed by atoms with van der Waals surface area (Å²) < 4.78 is 10.6. The molecule has 25 heavy (non-hydrogen) atoms. The Balaban J connectivity index is 1.76. The molecule has 0 aliphatic heterocycles. The topological polar surface area (TPSA) is 98.7 Å². The second kappa shape index (κ2) is 6.60. The molecule has 0 fully saturated rings. The molecule has 1 aromatic heterocycles. The predicted octanol–water partition coefficient (Wildman–Crippen LogP) is 3.16. The van der Waals surface area contributed by atoms with Gasteiger partial charge in [0.1, 0.15) is 11.2 Å². The number of ether oxygens (including phenoxy) is 1. The van der Waals surface area contributed by atoms with Crippen LogP contribution >= 0.6 is 0 Å². The molecule has 1 heterocycles. The number of anilines is 1. The predicted molar refractivity (Wildman–Crippen MR) is 90.6 cm³/mol. The smallest absolute Gasteiger partial charge is 0.338 e. The van der Waals surface area contributed by atoms with Gasteiger partial charge in [0.05, 0.1) is 10.5 Å². The van der Waals surface area contributed by atoms with Crippen LogP contribution in [0.25, 0.3) is 11.1 Å². The number of carbonyl (C=O) groups is 1. The van der Waals surface area contributed by atoms with Gasteiger partial charge in [-0.25, -0.2) is 9.78 Å². The van der Waals surface area contributed by atoms with Crippen LogP contribution in [0.5, 0.6) is 0 Å². The van der Waals surface area contributed by atoms with Gasteiger partial charge in [-0.05, 0) is 24.3 Å². The quantitative estimate of drug-likeness (QED) is 0.399. The highest BCUT2D eigenvalue weighted by molar-refractivity contribution is 5.91. The largest absolute Gasteiger partial charge is 0.452 e. The van der Waals surface area contributed by atoms with Crippen LogP contribution < -0.4 is 4.90 Å². The summed E-state index contributed by atoms with van der Waals surface area (Å²) in [7, 11) is 3.38. The number of esters is 1. The van der Waals surface area contributed by atoms with Crippen molar-refractivity contribution < 1.29 is 18.9 Å². The Kier molecular flexibility index (Phi) is 4.34. The van der Waals surface area contributed by atoms with Crippen LogP contribution in [0.3, 0.4) is 0 Å². The van der Waals surface area contributed by atoms with E-state index in [1.165, 1.54) is 18.2 Å². The lowest BCUT2D eigenvalue weighted by Crippen LogP contribution is -2.12. The van der Waals surface area contributed by atoms with Crippen LogP contribution in [0.1, 0.15) is 16.2 Å². The van der Waals surface area contributed by atoms with Crippen molar-refractivity contribution in [2.45, 2.75) is 6.61 Å². The zero-order valence-corrected chi connectivity index (χ0v) is 13.6. The minimum atomic E-state index is -0.685. The molecular formula is C17H15N3O5. The summed E-state index contributed by atoms with van der Waals surface area (Å²) in [4.78, 5) is 28.6. The molecule has 0 aliphatic rings. The maximum absolute atomic E-state index is 12.2. The number of hydrogen-bond acceptors (Lipinski definition) is 7. The molecule has 0 bridgehead atoms. The fourth-order valence-corrected chi connectivity index (χ4v) is 2.37. The summed E-state index contributed by atoms with van der Waals surface area (Å²) in [6, 6.07) is 11.4. The lowest BCUT2D eigenvalue weighted by molar-refractivity contribution is -0.384. The van der Waals surface area contributed by atoms with E-state index in [9.17, 15) is 14.9 Å². The van der Waals surface area contributed by atoms with Crippen molar-refractivity contribution in [3.8, 4) is 0 Å². The molecule has 0 atom stereocenters. The first kappa shape index (κ1) is 16.4. The first-order valence-electron chi connectivity index (χ1n) is 7.43. The lowest BCUT2D eigenvalue weighted by atomic mass is 10.1. The van der Waals surface area contributed by atoms with Crippen molar-refractivity contribution >= 4 is 28.4 Å². The second-order valence-corrected chi connectivity index (χ2v) is 5.51. The van der Waals surface area contributed by atoms with Crippen molar-refractivity contribution in [1.29, 1.82) is 0 Å². The maximum atomic E-state index is 12.2. The van der Waals surface area contributed by atoms with Crippen LogP contribution in [-0.2, 0) is 11.3 Å². The van der Waals surface area contributed by atoms with Gasteiger partial charge in [0.15, 0.2) is 12.2 Å². The number of nitro benzene ring substituents is 1. The van der Waals surface area contributed by atoms with E-state index in [4.69, 9.17) is 9.15 Å². The van der Waals surface area contributed by atoms with Gasteiger partial charge >= 0.3 is 5.97 Å². The molecule has 0 spiro atoms. The summed E-state index contributed by atoms with van der Waals surface area (Å²) in [6.45, 7) is -0.156. The molecule has 0 unspecified atom stereocenters. The van der Waals surface area contributed by atoms with E-state index in [0.29, 0.717) is 16.8 Å². The van der Waals surface area contributed by atoms with Gasteiger partial charge < -0.3 is 14.1 Å². The molecule has 2 aromatic carbocycles. The fraction of sp³-hybridized carbons (Fsp3) is 0.176. The molecule has 128 valence electrons. The Morgan fingerprint density at radius 1 is 1.28 bits per heavy atom. The van der Waals surface area contributed by atoms with Crippen LogP contribution in [0, 0.1) is 10.1 Å². The highest BCUT2D eigenvalue weighted by Gasteiger charge is 2.20. The molecule has 0 radical (unpaired) electrons. The molecule has 3 aromatic rings. The Morgan fingerprint density at radius 3 is 2.72 bits per heavy atom. The van der Waals surface area contributed by atoms with Crippen molar-refractivity contribution in [2.24, 2.45) is 0 Å². The Labute approximate surface area is 142 Å². The maximum Gasteiger partial charge on any atom is 0.338 e. The van der Waals surface area contributed by atoms with Gasteiger partial charge in [0, 0.05) is 20.2 Å². The van der Waals surface area contributed by atoms with E-state index in [2.05, 4.69) is 4.98 Å². The molecule has 0 saturated carbocycles. The number of fused-ring (bicyclic) bond motifs is 1. The molecule has 0 aliphatic carbocycles. The van der Waals surface area contributed by atoms with Gasteiger partial charge in [-0.15, -0.1) is 0 Å².